The zero-order valence-corrected chi connectivity index (χ0v) is 21.7. The molecule has 0 unspecified atom stereocenters. The number of nitrogens with zero attached hydrogens (tertiary/aromatic N) is 2. The van der Waals surface area contributed by atoms with Crippen molar-refractivity contribution >= 4 is 16.8 Å². The second-order valence-electron chi connectivity index (χ2n) is 10.5. The molecule has 39 heavy (non-hydrogen) atoms. The summed E-state index contributed by atoms with van der Waals surface area (Å²) in [6, 6.07) is 17.6. The Hall–Kier alpha value is -3.78. The highest BCUT2D eigenvalue weighted by Crippen LogP contribution is 2.43. The fourth-order valence-corrected chi connectivity index (χ4v) is 5.95. The Morgan fingerprint density at radius 2 is 1.72 bits per heavy atom. The first-order chi connectivity index (χ1) is 18.9. The van der Waals surface area contributed by atoms with Crippen molar-refractivity contribution in [1.82, 2.24) is 14.8 Å². The first-order valence-electron chi connectivity index (χ1n) is 13.3. The zero-order chi connectivity index (χ0) is 27.1. The monoisotopic (exact) mass is 533 g/mol. The van der Waals surface area contributed by atoms with E-state index in [0.29, 0.717) is 37.3 Å². The lowest BCUT2D eigenvalue weighted by molar-refractivity contribution is 0.0592. The van der Waals surface area contributed by atoms with E-state index in [0.717, 1.165) is 16.5 Å². The fourth-order valence-electron chi connectivity index (χ4n) is 5.95. The maximum atomic E-state index is 15.8. The Bertz CT molecular complexity index is 1480. The minimum absolute atomic E-state index is 0.0631. The van der Waals surface area contributed by atoms with Crippen LogP contribution in [0.2, 0.25) is 0 Å². The number of carbonyl (C=O) groups excluding carboxylic acids is 1. The number of amides is 1. The summed E-state index contributed by atoms with van der Waals surface area (Å²) in [6.45, 7) is 3.70. The molecule has 6 rings (SSSR count). The van der Waals surface area contributed by atoms with E-state index >= 15 is 8.78 Å². The Kier molecular flexibility index (Phi) is 6.81. The van der Waals surface area contributed by atoms with Crippen molar-refractivity contribution in [3.05, 3.63) is 101 Å². The molecule has 2 atom stereocenters. The lowest BCUT2D eigenvalue weighted by atomic mass is 9.87. The number of aromatic nitrogens is 1. The summed E-state index contributed by atoms with van der Waals surface area (Å²) in [6.07, 6.45) is 0.554. The number of alkyl halides is 1. The zero-order valence-electron chi connectivity index (χ0n) is 21.7. The van der Waals surface area contributed by atoms with Gasteiger partial charge in [-0.15, -0.1) is 0 Å². The van der Waals surface area contributed by atoms with E-state index in [4.69, 9.17) is 4.74 Å². The molecule has 0 saturated carbocycles. The number of H-pyrrole nitrogens is 1. The van der Waals surface area contributed by atoms with E-state index < -0.39 is 17.7 Å². The van der Waals surface area contributed by atoms with Crippen LogP contribution in [0.25, 0.3) is 10.9 Å². The highest BCUT2D eigenvalue weighted by Gasteiger charge is 2.41. The van der Waals surface area contributed by atoms with Gasteiger partial charge in [0, 0.05) is 65.9 Å². The van der Waals surface area contributed by atoms with E-state index in [1.807, 2.05) is 42.2 Å². The molecule has 3 aromatic carbocycles. The number of benzene rings is 3. The third kappa shape index (κ3) is 4.67. The topological polar surface area (TPSA) is 48.6 Å². The van der Waals surface area contributed by atoms with E-state index in [1.54, 1.807) is 29.2 Å². The Morgan fingerprint density at radius 3 is 2.44 bits per heavy atom. The van der Waals surface area contributed by atoms with Crippen molar-refractivity contribution in [2.24, 2.45) is 5.92 Å². The van der Waals surface area contributed by atoms with Gasteiger partial charge in [-0.05, 0) is 37.1 Å². The summed E-state index contributed by atoms with van der Waals surface area (Å²) < 4.78 is 50.0. The second kappa shape index (κ2) is 10.4. The summed E-state index contributed by atoms with van der Waals surface area (Å²) in [7, 11) is 0. The first-order valence-corrected chi connectivity index (χ1v) is 13.3. The summed E-state index contributed by atoms with van der Waals surface area (Å²) in [4.78, 5) is 20.8. The van der Waals surface area contributed by atoms with Gasteiger partial charge in [0.2, 0.25) is 0 Å². The quantitative estimate of drug-likeness (QED) is 0.322. The van der Waals surface area contributed by atoms with Crippen LogP contribution in [0.5, 0.6) is 5.75 Å². The summed E-state index contributed by atoms with van der Waals surface area (Å²) in [5.74, 6) is -1.70. The molecule has 0 aliphatic carbocycles. The molecule has 202 valence electrons. The van der Waals surface area contributed by atoms with E-state index in [-0.39, 0.29) is 42.5 Å². The van der Waals surface area contributed by atoms with Crippen LogP contribution in [-0.4, -0.2) is 59.6 Å². The average molecular weight is 534 g/mol. The third-order valence-electron chi connectivity index (χ3n) is 7.88. The van der Waals surface area contributed by atoms with Crippen molar-refractivity contribution in [2.45, 2.75) is 25.4 Å². The van der Waals surface area contributed by atoms with Crippen LogP contribution in [-0.2, 0) is 6.42 Å². The third-order valence-corrected chi connectivity index (χ3v) is 7.88. The molecule has 1 N–H and O–H groups in total. The van der Waals surface area contributed by atoms with Gasteiger partial charge < -0.3 is 14.6 Å². The van der Waals surface area contributed by atoms with Gasteiger partial charge in [-0.1, -0.05) is 36.4 Å². The molecule has 2 aliphatic heterocycles. The predicted molar refractivity (Wildman–Crippen MR) is 144 cm³/mol. The van der Waals surface area contributed by atoms with Gasteiger partial charge in [-0.2, -0.15) is 0 Å². The minimum Gasteiger partial charge on any atom is -0.492 e. The number of carbonyl (C=O) groups is 1. The van der Waals surface area contributed by atoms with Crippen LogP contribution in [0.15, 0.2) is 66.7 Å². The molecule has 0 spiro atoms. The molecule has 5 nitrogen and oxygen atoms in total. The summed E-state index contributed by atoms with van der Waals surface area (Å²) in [5.41, 5.74) is 2.69. The van der Waals surface area contributed by atoms with Crippen molar-refractivity contribution in [2.75, 3.05) is 32.9 Å². The van der Waals surface area contributed by atoms with Gasteiger partial charge in [0.1, 0.15) is 30.0 Å². The number of hydrogen-bond donors (Lipinski definition) is 1. The number of para-hydroxylation sites is 1. The van der Waals surface area contributed by atoms with Crippen LogP contribution in [0, 0.1) is 17.6 Å². The van der Waals surface area contributed by atoms with E-state index in [2.05, 4.69) is 4.98 Å². The van der Waals surface area contributed by atoms with Gasteiger partial charge in [-0.25, -0.2) is 8.78 Å². The number of likely N-dealkylation sites (tertiary alicyclic amines) is 1. The average Bonchev–Trinajstić information content (AvgIpc) is 3.28. The maximum Gasteiger partial charge on any atom is 0.254 e. The largest absolute Gasteiger partial charge is 0.492 e. The molecular formula is C31H30F3N3O2. The molecule has 2 aliphatic rings. The van der Waals surface area contributed by atoms with Gasteiger partial charge >= 0.3 is 0 Å². The van der Waals surface area contributed by atoms with E-state index in [9.17, 15) is 9.18 Å². The number of hydrogen-bond acceptors (Lipinski definition) is 3. The molecule has 1 amide bonds. The molecular weight excluding hydrogens is 503 g/mol. The highest BCUT2D eigenvalue weighted by atomic mass is 19.1. The standard InChI is InChI=1S/C31H30F3N3O2/c1-19-13-24-23-9-5-6-10-27(23)35-29(24)30(37(19)31(38)21-7-3-2-4-8-21)28-25(33)14-22(15-26(28)34)39-12-11-36-17-20(16-32)18-36/h2-10,14-15,19-20,30,35H,11-13,16-18H2,1H3/t19-,30-/m1/s1. The predicted octanol–water partition coefficient (Wildman–Crippen LogP) is 5.90. The first kappa shape index (κ1) is 25.5. The van der Waals surface area contributed by atoms with Crippen LogP contribution >= 0.6 is 0 Å². The van der Waals surface area contributed by atoms with Crippen molar-refractivity contribution in [3.8, 4) is 5.75 Å². The summed E-state index contributed by atoms with van der Waals surface area (Å²) >= 11 is 0. The Labute approximate surface area is 225 Å². The number of aromatic amines is 1. The van der Waals surface area contributed by atoms with Gasteiger partial charge in [-0.3, -0.25) is 14.1 Å². The van der Waals surface area contributed by atoms with Crippen LogP contribution in [0.1, 0.15) is 40.1 Å². The minimum atomic E-state index is -0.989. The van der Waals surface area contributed by atoms with Crippen LogP contribution in [0.3, 0.4) is 0 Å². The molecule has 4 aromatic rings. The number of ether oxygens (including phenoxy) is 1. The molecule has 1 saturated heterocycles. The van der Waals surface area contributed by atoms with Crippen LogP contribution in [0.4, 0.5) is 13.2 Å². The van der Waals surface area contributed by atoms with Gasteiger partial charge in [0.15, 0.2) is 0 Å². The van der Waals surface area contributed by atoms with Gasteiger partial charge in [0.25, 0.3) is 5.91 Å². The molecule has 0 radical (unpaired) electrons. The van der Waals surface area contributed by atoms with Crippen LogP contribution < -0.4 is 4.74 Å². The van der Waals surface area contributed by atoms with Crippen molar-refractivity contribution in [1.29, 1.82) is 0 Å². The lowest BCUT2D eigenvalue weighted by Crippen LogP contribution is -2.49. The normalized spacial score (nSPS) is 19.6. The summed E-state index contributed by atoms with van der Waals surface area (Å²) in [5, 5.41) is 0.984. The van der Waals surface area contributed by atoms with Crippen molar-refractivity contribution < 1.29 is 22.7 Å². The number of halogens is 3. The Morgan fingerprint density at radius 1 is 1.03 bits per heavy atom. The van der Waals surface area contributed by atoms with E-state index in [1.165, 1.54) is 12.1 Å². The molecule has 0 bridgehead atoms. The molecule has 1 aromatic heterocycles. The molecule has 8 heteroatoms. The SMILES string of the molecule is C[C@@H]1Cc2c([nH]c3ccccc23)[C@@H](c2c(F)cc(OCCN3CC(CF)C3)cc2F)N1C(=O)c1ccccc1. The smallest absolute Gasteiger partial charge is 0.254 e. The second-order valence-corrected chi connectivity index (χ2v) is 10.5. The lowest BCUT2D eigenvalue weighted by Gasteiger charge is -2.41. The fraction of sp³-hybridized carbons (Fsp3) is 0.323. The number of fused-ring (bicyclic) bond motifs is 3. The highest BCUT2D eigenvalue weighted by molar-refractivity contribution is 5.96. The van der Waals surface area contributed by atoms with Gasteiger partial charge in [0.05, 0.1) is 12.2 Å². The Balaban J connectivity index is 1.37. The van der Waals surface area contributed by atoms with Crippen molar-refractivity contribution in [3.63, 3.8) is 0 Å². The number of rotatable bonds is 7. The maximum absolute atomic E-state index is 15.8. The number of nitrogens with one attached hydrogen (secondary N) is 1. The molecule has 3 heterocycles. The molecule has 1 fully saturated rings.